The van der Waals surface area contributed by atoms with Gasteiger partial charge in [0.05, 0.1) is 18.0 Å². The zero-order chi connectivity index (χ0) is 41.6. The van der Waals surface area contributed by atoms with E-state index in [1.54, 1.807) is 0 Å². The van der Waals surface area contributed by atoms with Gasteiger partial charge in [-0.2, -0.15) is 46.8 Å². The molecular weight excluding hydrogens is 964 g/mol. The molecule has 0 saturated heterocycles. The number of para-hydroxylation sites is 3. The van der Waals surface area contributed by atoms with E-state index < -0.39 is 8.07 Å². The first kappa shape index (κ1) is 40.3. The molecule has 6 heteroatoms. The van der Waals surface area contributed by atoms with Crippen molar-refractivity contribution in [2.75, 3.05) is 16.5 Å². The van der Waals surface area contributed by atoms with Gasteiger partial charge in [0.25, 0.3) is 0 Å². The second-order valence-electron chi connectivity index (χ2n) is 16.4. The van der Waals surface area contributed by atoms with Crippen molar-refractivity contribution in [1.82, 2.24) is 9.55 Å². The van der Waals surface area contributed by atoms with Crippen molar-refractivity contribution in [2.24, 2.45) is 0 Å². The summed E-state index contributed by atoms with van der Waals surface area (Å²) in [6, 6.07) is 83.4. The van der Waals surface area contributed by atoms with Crippen molar-refractivity contribution in [3.63, 3.8) is 0 Å². The molecule has 1 aliphatic heterocycles. The molecule has 10 aromatic rings. The smallest absolute Gasteiger partial charge is 0.349 e. The van der Waals surface area contributed by atoms with E-state index in [-0.39, 0.29) is 21.1 Å². The number of fused-ring (bicyclic) bond motifs is 4. The molecule has 3 heterocycles. The van der Waals surface area contributed by atoms with Crippen LogP contribution in [0.2, 0.25) is 0 Å². The third-order valence-electron chi connectivity index (χ3n) is 12.6. The summed E-state index contributed by atoms with van der Waals surface area (Å²) in [6.07, 6.45) is 1.95. The molecule has 11 rings (SSSR count). The summed E-state index contributed by atoms with van der Waals surface area (Å²) in [5.74, 6) is 0.854. The summed E-state index contributed by atoms with van der Waals surface area (Å²) < 4.78 is 2.32. The molecule has 0 bridgehead atoms. The fourth-order valence-corrected chi connectivity index (χ4v) is 14.2. The van der Waals surface area contributed by atoms with Gasteiger partial charge < -0.3 is 14.4 Å². The maximum Gasteiger partial charge on any atom is 2.00 e. The fourth-order valence-electron chi connectivity index (χ4n) is 9.69. The third-order valence-corrected chi connectivity index (χ3v) is 17.2. The second-order valence-corrected chi connectivity index (χ2v) is 20.1. The molecule has 0 amide bonds. The van der Waals surface area contributed by atoms with Crippen molar-refractivity contribution in [3.8, 4) is 28.1 Å². The number of hydrogen-bond donors (Lipinski definition) is 0. The van der Waals surface area contributed by atoms with Gasteiger partial charge in [-0.1, -0.05) is 157 Å². The normalized spacial score (nSPS) is 12.5. The molecule has 8 aromatic carbocycles. The number of aromatic nitrogens is 2. The zero-order valence-electron chi connectivity index (χ0n) is 35.1. The SMILES string of the molecule is CC(C)N1CN(c2[c-]c([Si](c3[c-]c4c(cc3)c3ccccc3n4-c3cc(-c4ccccc4-c4ccccc4)ccn3)(c3ccccc3)c3ccccc3)ccc2)c2ccccc21.[Pt+2]. The van der Waals surface area contributed by atoms with E-state index in [0.717, 1.165) is 45.3 Å². The molecule has 0 unspecified atom stereocenters. The summed E-state index contributed by atoms with van der Waals surface area (Å²) in [7, 11) is -3.10. The predicted molar refractivity (Wildman–Crippen MR) is 262 cm³/mol. The van der Waals surface area contributed by atoms with E-state index >= 15 is 0 Å². The van der Waals surface area contributed by atoms with Gasteiger partial charge in [0, 0.05) is 17.8 Å². The van der Waals surface area contributed by atoms with Crippen LogP contribution in [-0.4, -0.2) is 30.3 Å². The number of hydrogen-bond acceptors (Lipinski definition) is 3. The molecule has 0 fully saturated rings. The largest absolute Gasteiger partial charge is 2.00 e. The quantitative estimate of drug-likeness (QED) is 0.0818. The Kier molecular flexibility index (Phi) is 10.8. The standard InChI is InChI=1S/C57H44N4Si.Pt/c1-41(2)59-40-60(55-32-17-16-31-54(55)59)44-21-18-26-47(38-44)62(45-22-8-4-9-23-45,46-24-10-5-11-25-46)48-33-34-52-51-29-14-15-30-53(51)61(56(52)39-48)57-37-43(35-36-58-57)50-28-13-12-27-49(50)42-19-6-3-7-20-42;/h3-37,41H,40H2,1-2H3;/q-2;+2. The van der Waals surface area contributed by atoms with E-state index in [9.17, 15) is 0 Å². The number of rotatable bonds is 9. The fraction of sp³-hybridized carbons (Fsp3) is 0.0702. The van der Waals surface area contributed by atoms with Crippen LogP contribution < -0.4 is 30.5 Å². The van der Waals surface area contributed by atoms with Gasteiger partial charge in [-0.15, -0.1) is 11.5 Å². The van der Waals surface area contributed by atoms with Crippen molar-refractivity contribution < 1.29 is 21.1 Å². The Morgan fingerprint density at radius 3 is 1.84 bits per heavy atom. The van der Waals surface area contributed by atoms with Gasteiger partial charge in [-0.05, 0) is 82.2 Å². The van der Waals surface area contributed by atoms with Gasteiger partial charge in [0.15, 0.2) is 0 Å². The van der Waals surface area contributed by atoms with Gasteiger partial charge in [0.1, 0.15) is 13.9 Å². The Labute approximate surface area is 385 Å². The Bertz CT molecular complexity index is 3180. The minimum absolute atomic E-state index is 0. The number of anilines is 3. The third kappa shape index (κ3) is 6.84. The topological polar surface area (TPSA) is 24.3 Å². The van der Waals surface area contributed by atoms with Crippen molar-refractivity contribution >= 4 is 67.7 Å². The Balaban J connectivity index is 0.00000471. The number of nitrogens with zero attached hydrogens (tertiary/aromatic N) is 4. The average Bonchev–Trinajstić information content (AvgIpc) is 3.90. The summed E-state index contributed by atoms with van der Waals surface area (Å²) >= 11 is 0. The predicted octanol–water partition coefficient (Wildman–Crippen LogP) is 10.8. The molecule has 4 nitrogen and oxygen atoms in total. The van der Waals surface area contributed by atoms with Crippen LogP contribution in [-0.2, 0) is 21.1 Å². The number of pyridine rings is 1. The minimum Gasteiger partial charge on any atom is -0.349 e. The van der Waals surface area contributed by atoms with Crippen LogP contribution in [0.25, 0.3) is 49.9 Å². The Morgan fingerprint density at radius 2 is 1.13 bits per heavy atom. The Morgan fingerprint density at radius 1 is 0.524 bits per heavy atom. The molecular formula is C57H44N4PtSi. The maximum atomic E-state index is 5.11. The monoisotopic (exact) mass is 1010 g/mol. The summed E-state index contributed by atoms with van der Waals surface area (Å²) in [6.45, 7) is 5.30. The average molecular weight is 1010 g/mol. The van der Waals surface area contributed by atoms with Gasteiger partial charge in [0.2, 0.25) is 0 Å². The van der Waals surface area contributed by atoms with E-state index in [1.165, 1.54) is 49.0 Å². The molecule has 0 N–H and O–H groups in total. The second kappa shape index (κ2) is 16.8. The van der Waals surface area contributed by atoms with Crippen molar-refractivity contribution in [1.29, 1.82) is 0 Å². The van der Waals surface area contributed by atoms with Crippen LogP contribution in [0.1, 0.15) is 13.8 Å². The van der Waals surface area contributed by atoms with Gasteiger partial charge in [-0.25, -0.2) is 4.98 Å². The van der Waals surface area contributed by atoms with E-state index in [4.69, 9.17) is 4.98 Å². The summed E-state index contributed by atoms with van der Waals surface area (Å²) in [5, 5.41) is 7.22. The molecule has 0 spiro atoms. The minimum atomic E-state index is -3.10. The van der Waals surface area contributed by atoms with E-state index in [2.05, 4.69) is 247 Å². The molecule has 306 valence electrons. The molecule has 0 aliphatic carbocycles. The first-order valence-electron chi connectivity index (χ1n) is 21.4. The van der Waals surface area contributed by atoms with Crippen molar-refractivity contribution in [3.05, 3.63) is 225 Å². The van der Waals surface area contributed by atoms with Crippen LogP contribution in [0, 0.1) is 12.1 Å². The molecule has 0 saturated carbocycles. The molecule has 2 aromatic heterocycles. The first-order chi connectivity index (χ1) is 30.6. The van der Waals surface area contributed by atoms with E-state index in [1.807, 2.05) is 6.20 Å². The summed E-state index contributed by atoms with van der Waals surface area (Å²) in [4.78, 5) is 10.0. The molecule has 63 heavy (non-hydrogen) atoms. The van der Waals surface area contributed by atoms with Gasteiger partial charge >= 0.3 is 21.1 Å². The maximum absolute atomic E-state index is 5.11. The summed E-state index contributed by atoms with van der Waals surface area (Å²) in [5.41, 5.74) is 10.3. The van der Waals surface area contributed by atoms with Crippen molar-refractivity contribution in [2.45, 2.75) is 19.9 Å². The zero-order valence-corrected chi connectivity index (χ0v) is 38.4. The van der Waals surface area contributed by atoms with Crippen LogP contribution in [0.4, 0.5) is 17.1 Å². The number of benzene rings is 8. The van der Waals surface area contributed by atoms with Crippen LogP contribution in [0.3, 0.4) is 0 Å². The van der Waals surface area contributed by atoms with Crippen LogP contribution in [0.15, 0.2) is 212 Å². The first-order valence-corrected chi connectivity index (χ1v) is 23.4. The molecule has 1 aliphatic rings. The van der Waals surface area contributed by atoms with Crippen LogP contribution in [0.5, 0.6) is 0 Å². The molecule has 0 radical (unpaired) electrons. The molecule has 0 atom stereocenters. The van der Waals surface area contributed by atoms with Gasteiger partial charge in [-0.3, -0.25) is 0 Å². The van der Waals surface area contributed by atoms with E-state index in [0.29, 0.717) is 6.04 Å². The Hall–Kier alpha value is -6.78. The van der Waals surface area contributed by atoms with Crippen LogP contribution >= 0.6 is 0 Å².